The quantitative estimate of drug-likeness (QED) is 0.735. The topological polar surface area (TPSA) is 73.3 Å². The van der Waals surface area contributed by atoms with Gasteiger partial charge in [-0.05, 0) is 35.9 Å². The summed E-state index contributed by atoms with van der Waals surface area (Å²) in [4.78, 5) is 14.5. The van der Waals surface area contributed by atoms with Crippen LogP contribution in [0.25, 0.3) is 10.9 Å². The summed E-state index contributed by atoms with van der Waals surface area (Å²) >= 11 is 0. The van der Waals surface area contributed by atoms with Crippen LogP contribution in [0.3, 0.4) is 0 Å². The first-order valence-electron chi connectivity index (χ1n) is 5.61. The SMILES string of the molecule is O=C(O)C1(c2ccc3cc[nH]c3c2)CC(O)C1. The fraction of sp³-hybridized carbons (Fsp3) is 0.308. The molecule has 0 bridgehead atoms. The molecule has 1 aliphatic carbocycles. The van der Waals surface area contributed by atoms with Crippen molar-refractivity contribution in [3.8, 4) is 0 Å². The maximum absolute atomic E-state index is 11.4. The fourth-order valence-electron chi connectivity index (χ4n) is 2.62. The Balaban J connectivity index is 2.09. The molecule has 4 nitrogen and oxygen atoms in total. The Labute approximate surface area is 97.9 Å². The Morgan fingerprint density at radius 3 is 2.76 bits per heavy atom. The van der Waals surface area contributed by atoms with Crippen molar-refractivity contribution in [2.24, 2.45) is 0 Å². The fourth-order valence-corrected chi connectivity index (χ4v) is 2.62. The first kappa shape index (κ1) is 10.4. The second-order valence-electron chi connectivity index (χ2n) is 4.73. The maximum Gasteiger partial charge on any atom is 0.314 e. The van der Waals surface area contributed by atoms with E-state index >= 15 is 0 Å². The van der Waals surface area contributed by atoms with Gasteiger partial charge in [-0.15, -0.1) is 0 Å². The van der Waals surface area contributed by atoms with Crippen LogP contribution in [0, 0.1) is 0 Å². The first-order valence-corrected chi connectivity index (χ1v) is 5.61. The summed E-state index contributed by atoms with van der Waals surface area (Å²) in [7, 11) is 0. The van der Waals surface area contributed by atoms with Crippen LogP contribution in [0.1, 0.15) is 18.4 Å². The van der Waals surface area contributed by atoms with Gasteiger partial charge in [0.15, 0.2) is 0 Å². The summed E-state index contributed by atoms with van der Waals surface area (Å²) in [6, 6.07) is 7.57. The summed E-state index contributed by atoms with van der Waals surface area (Å²) in [6.07, 6.45) is 1.94. The summed E-state index contributed by atoms with van der Waals surface area (Å²) in [5.41, 5.74) is 0.799. The number of nitrogens with one attached hydrogen (secondary N) is 1. The lowest BCUT2D eigenvalue weighted by Gasteiger charge is -2.42. The molecule has 3 N–H and O–H groups in total. The van der Waals surface area contributed by atoms with E-state index in [-0.39, 0.29) is 0 Å². The predicted octanol–water partition coefficient (Wildman–Crippen LogP) is 1.65. The van der Waals surface area contributed by atoms with Crippen LogP contribution in [0.5, 0.6) is 0 Å². The molecule has 1 aromatic heterocycles. The molecule has 88 valence electrons. The molecule has 3 rings (SSSR count). The molecule has 0 spiro atoms. The molecule has 1 aliphatic rings. The van der Waals surface area contributed by atoms with E-state index in [1.54, 1.807) is 0 Å². The van der Waals surface area contributed by atoms with Gasteiger partial charge in [-0.25, -0.2) is 0 Å². The highest BCUT2D eigenvalue weighted by atomic mass is 16.4. The molecule has 0 aliphatic heterocycles. The molecule has 0 unspecified atom stereocenters. The monoisotopic (exact) mass is 231 g/mol. The van der Waals surface area contributed by atoms with Crippen LogP contribution >= 0.6 is 0 Å². The number of aliphatic hydroxyl groups is 1. The second-order valence-corrected chi connectivity index (χ2v) is 4.73. The molecule has 0 atom stereocenters. The number of rotatable bonds is 2. The van der Waals surface area contributed by atoms with Gasteiger partial charge in [0.2, 0.25) is 0 Å². The molecule has 0 radical (unpaired) electrons. The van der Waals surface area contributed by atoms with E-state index in [2.05, 4.69) is 4.98 Å². The molecule has 1 saturated carbocycles. The molecule has 1 aromatic carbocycles. The number of carbonyl (C=O) groups is 1. The second kappa shape index (κ2) is 3.34. The normalized spacial score (nSPS) is 27.9. The highest BCUT2D eigenvalue weighted by Gasteiger charge is 2.51. The number of hydrogen-bond acceptors (Lipinski definition) is 2. The van der Waals surface area contributed by atoms with Gasteiger partial charge in [0, 0.05) is 11.7 Å². The Morgan fingerprint density at radius 1 is 1.35 bits per heavy atom. The molecule has 0 saturated heterocycles. The molecular weight excluding hydrogens is 218 g/mol. The number of benzene rings is 1. The van der Waals surface area contributed by atoms with Crippen molar-refractivity contribution in [2.45, 2.75) is 24.4 Å². The number of aromatic nitrogens is 1. The van der Waals surface area contributed by atoms with Gasteiger partial charge in [-0.1, -0.05) is 12.1 Å². The van der Waals surface area contributed by atoms with Gasteiger partial charge in [0.05, 0.1) is 11.5 Å². The lowest BCUT2D eigenvalue weighted by atomic mass is 9.62. The zero-order valence-corrected chi connectivity index (χ0v) is 9.18. The van der Waals surface area contributed by atoms with Gasteiger partial charge in [-0.2, -0.15) is 0 Å². The van der Waals surface area contributed by atoms with Gasteiger partial charge >= 0.3 is 5.97 Å². The van der Waals surface area contributed by atoms with Crippen molar-refractivity contribution in [1.82, 2.24) is 4.98 Å². The molecule has 1 fully saturated rings. The summed E-state index contributed by atoms with van der Waals surface area (Å²) in [5, 5.41) is 19.8. The third kappa shape index (κ3) is 1.37. The van der Waals surface area contributed by atoms with Crippen LogP contribution in [0.15, 0.2) is 30.5 Å². The number of carboxylic acids is 1. The minimum atomic E-state index is -0.904. The lowest BCUT2D eigenvalue weighted by molar-refractivity contribution is -0.152. The average Bonchev–Trinajstić information content (AvgIpc) is 2.70. The summed E-state index contributed by atoms with van der Waals surface area (Å²) in [5.74, 6) is -0.853. The van der Waals surface area contributed by atoms with Crippen LogP contribution in [0.2, 0.25) is 0 Å². The van der Waals surface area contributed by atoms with Crippen LogP contribution in [-0.2, 0) is 10.2 Å². The van der Waals surface area contributed by atoms with Crippen LogP contribution in [-0.4, -0.2) is 27.3 Å². The first-order chi connectivity index (χ1) is 8.12. The zero-order chi connectivity index (χ0) is 12.0. The molecule has 17 heavy (non-hydrogen) atoms. The van der Waals surface area contributed by atoms with Gasteiger partial charge < -0.3 is 15.2 Å². The van der Waals surface area contributed by atoms with Crippen LogP contribution < -0.4 is 0 Å². The van der Waals surface area contributed by atoms with E-state index in [1.165, 1.54) is 0 Å². The number of H-pyrrole nitrogens is 1. The molecule has 1 heterocycles. The van der Waals surface area contributed by atoms with Crippen molar-refractivity contribution in [2.75, 3.05) is 0 Å². The Bertz CT molecular complexity index is 581. The van der Waals surface area contributed by atoms with E-state index in [1.807, 2.05) is 30.5 Å². The third-order valence-corrected chi connectivity index (χ3v) is 3.69. The van der Waals surface area contributed by atoms with Gasteiger partial charge in [0.1, 0.15) is 0 Å². The average molecular weight is 231 g/mol. The maximum atomic E-state index is 11.4. The number of carboxylic acid groups (broad SMARTS) is 1. The van der Waals surface area contributed by atoms with E-state index in [0.29, 0.717) is 12.8 Å². The molecule has 2 aromatic rings. The summed E-state index contributed by atoms with van der Waals surface area (Å²) < 4.78 is 0. The highest BCUT2D eigenvalue weighted by Crippen LogP contribution is 2.44. The molecule has 4 heteroatoms. The Kier molecular flexibility index (Phi) is 2.03. The van der Waals surface area contributed by atoms with Crippen molar-refractivity contribution in [3.05, 3.63) is 36.0 Å². The van der Waals surface area contributed by atoms with Gasteiger partial charge in [0.25, 0.3) is 0 Å². The zero-order valence-electron chi connectivity index (χ0n) is 9.18. The van der Waals surface area contributed by atoms with Crippen molar-refractivity contribution >= 4 is 16.9 Å². The van der Waals surface area contributed by atoms with E-state index in [9.17, 15) is 15.0 Å². The van der Waals surface area contributed by atoms with E-state index in [4.69, 9.17) is 0 Å². The highest BCUT2D eigenvalue weighted by molar-refractivity contribution is 5.86. The minimum absolute atomic E-state index is 0.300. The van der Waals surface area contributed by atoms with Crippen molar-refractivity contribution in [3.63, 3.8) is 0 Å². The lowest BCUT2D eigenvalue weighted by Crippen LogP contribution is -2.50. The molecular formula is C13H13NO3. The standard InChI is InChI=1S/C13H13NO3/c15-10-6-13(7-10,12(16)17)9-2-1-8-3-4-14-11(8)5-9/h1-5,10,14-15H,6-7H2,(H,16,17). The number of hydrogen-bond donors (Lipinski definition) is 3. The van der Waals surface area contributed by atoms with Crippen LogP contribution in [0.4, 0.5) is 0 Å². The predicted molar refractivity (Wildman–Crippen MR) is 62.9 cm³/mol. The minimum Gasteiger partial charge on any atom is -0.481 e. The largest absolute Gasteiger partial charge is 0.481 e. The third-order valence-electron chi connectivity index (χ3n) is 3.69. The molecule has 0 amide bonds. The Morgan fingerprint density at radius 2 is 2.12 bits per heavy atom. The van der Waals surface area contributed by atoms with Crippen molar-refractivity contribution in [1.29, 1.82) is 0 Å². The Hall–Kier alpha value is -1.81. The number of aromatic amines is 1. The number of aliphatic carboxylic acids is 1. The number of aliphatic hydroxyl groups excluding tert-OH is 1. The van der Waals surface area contributed by atoms with E-state index < -0.39 is 17.5 Å². The summed E-state index contributed by atoms with van der Waals surface area (Å²) in [6.45, 7) is 0. The van der Waals surface area contributed by atoms with Gasteiger partial charge in [-0.3, -0.25) is 4.79 Å². The van der Waals surface area contributed by atoms with Crippen molar-refractivity contribution < 1.29 is 15.0 Å². The smallest absolute Gasteiger partial charge is 0.314 e. The van der Waals surface area contributed by atoms with E-state index in [0.717, 1.165) is 16.5 Å². The number of fused-ring (bicyclic) bond motifs is 1.